The van der Waals surface area contributed by atoms with E-state index in [0.29, 0.717) is 24.0 Å². The van der Waals surface area contributed by atoms with Gasteiger partial charge in [-0.15, -0.1) is 5.10 Å². The molecule has 2 N–H and O–H groups in total. The summed E-state index contributed by atoms with van der Waals surface area (Å²) < 4.78 is 7.84. The van der Waals surface area contributed by atoms with Crippen molar-refractivity contribution in [3.05, 3.63) is 46.9 Å². The van der Waals surface area contributed by atoms with Gasteiger partial charge in [-0.05, 0) is 65.3 Å². The van der Waals surface area contributed by atoms with Crippen LogP contribution in [0.25, 0.3) is 27.9 Å². The molecule has 4 aromatic rings. The number of halogens is 1. The summed E-state index contributed by atoms with van der Waals surface area (Å²) in [6, 6.07) is 13.0. The van der Waals surface area contributed by atoms with Gasteiger partial charge in [0.05, 0.1) is 12.6 Å². The predicted octanol–water partition coefficient (Wildman–Crippen LogP) is 3.52. The third-order valence-corrected chi connectivity index (χ3v) is 7.80. The largest absolute Gasteiger partial charge is 0.497 e. The highest BCUT2D eigenvalue weighted by Crippen LogP contribution is 2.29. The highest BCUT2D eigenvalue weighted by atomic mass is 79.9. The van der Waals surface area contributed by atoms with Crippen molar-refractivity contribution in [2.24, 2.45) is 5.92 Å². The lowest BCUT2D eigenvalue weighted by Crippen LogP contribution is -2.49. The zero-order chi connectivity index (χ0) is 27.5. The second-order valence-electron chi connectivity index (χ2n) is 10.3. The van der Waals surface area contributed by atoms with E-state index in [-0.39, 0.29) is 11.8 Å². The number of piperazine rings is 1. The van der Waals surface area contributed by atoms with Gasteiger partial charge in [-0.2, -0.15) is 4.52 Å². The summed E-state index contributed by atoms with van der Waals surface area (Å²) in [6.07, 6.45) is 0. The first kappa shape index (κ1) is 27.3. The Bertz CT molecular complexity index is 1450. The Kier molecular flexibility index (Phi) is 8.29. The number of para-hydroxylation sites is 1. The van der Waals surface area contributed by atoms with Crippen molar-refractivity contribution in [1.29, 1.82) is 0 Å². The molecule has 1 atom stereocenters. The highest BCUT2D eigenvalue weighted by Gasteiger charge is 2.25. The first-order valence-corrected chi connectivity index (χ1v) is 14.1. The monoisotopic (exact) mass is 594 g/mol. The number of fused-ring (bicyclic) bond motifs is 3. The van der Waals surface area contributed by atoms with Crippen molar-refractivity contribution in [2.75, 3.05) is 58.7 Å². The average molecular weight is 596 g/mol. The first-order chi connectivity index (χ1) is 18.8. The van der Waals surface area contributed by atoms with Gasteiger partial charge < -0.3 is 20.3 Å². The summed E-state index contributed by atoms with van der Waals surface area (Å²) in [4.78, 5) is 27.8. The Labute approximate surface area is 236 Å². The highest BCUT2D eigenvalue weighted by molar-refractivity contribution is 9.10. The molecule has 3 heterocycles. The molecule has 39 heavy (non-hydrogen) atoms. The first-order valence-electron chi connectivity index (χ1n) is 13.3. The molecule has 2 aromatic carbocycles. The summed E-state index contributed by atoms with van der Waals surface area (Å²) in [6.45, 7) is 9.64. The molecule has 1 fully saturated rings. The number of nitrogens with one attached hydrogen (secondary N) is 2. The minimum Gasteiger partial charge on any atom is -0.497 e. The van der Waals surface area contributed by atoms with Gasteiger partial charge in [-0.1, -0.05) is 19.9 Å². The van der Waals surface area contributed by atoms with Gasteiger partial charge >= 0.3 is 0 Å². The molecule has 10 nitrogen and oxygen atoms in total. The number of hydrogen-bond donors (Lipinski definition) is 2. The average Bonchev–Trinajstić information content (AvgIpc) is 3.39. The van der Waals surface area contributed by atoms with Crippen molar-refractivity contribution < 1.29 is 9.53 Å². The van der Waals surface area contributed by atoms with E-state index in [0.717, 1.165) is 59.4 Å². The second kappa shape index (κ2) is 11.8. The van der Waals surface area contributed by atoms with Crippen LogP contribution in [0.1, 0.15) is 13.8 Å². The number of amides is 1. The Morgan fingerprint density at radius 2 is 1.82 bits per heavy atom. The molecule has 0 spiro atoms. The fourth-order valence-corrected chi connectivity index (χ4v) is 5.20. The molecule has 206 valence electrons. The molecule has 2 aromatic heterocycles. The van der Waals surface area contributed by atoms with Crippen LogP contribution in [0.5, 0.6) is 5.75 Å². The number of ether oxygens (including phenoxy) is 1. The van der Waals surface area contributed by atoms with Crippen LogP contribution < -0.4 is 15.4 Å². The minimum absolute atomic E-state index is 0.0185. The number of carbonyl (C=O) groups is 1. The smallest absolute Gasteiger partial charge is 0.242 e. The summed E-state index contributed by atoms with van der Waals surface area (Å²) in [5.74, 6) is 1.75. The van der Waals surface area contributed by atoms with E-state index in [1.54, 1.807) is 11.6 Å². The predicted molar refractivity (Wildman–Crippen MR) is 157 cm³/mol. The van der Waals surface area contributed by atoms with E-state index in [2.05, 4.69) is 43.4 Å². The lowest BCUT2D eigenvalue weighted by atomic mass is 10.0. The molecule has 5 rings (SSSR count). The number of benzene rings is 2. The van der Waals surface area contributed by atoms with E-state index >= 15 is 0 Å². The molecule has 1 saturated heterocycles. The Morgan fingerprint density at radius 3 is 2.51 bits per heavy atom. The van der Waals surface area contributed by atoms with Crippen molar-refractivity contribution in [2.45, 2.75) is 19.9 Å². The zero-order valence-electron chi connectivity index (χ0n) is 22.8. The molecule has 1 unspecified atom stereocenters. The topological polar surface area (TPSA) is 99.9 Å². The Balaban J connectivity index is 1.43. The molecule has 0 aliphatic carbocycles. The van der Waals surface area contributed by atoms with Crippen LogP contribution in [0.3, 0.4) is 0 Å². The number of nitrogens with zero attached hydrogens (tertiary/aromatic N) is 6. The Hall–Kier alpha value is -3.28. The number of carbonyl (C=O) groups excluding carboxylic acids is 1. The third-order valence-electron chi connectivity index (χ3n) is 7.16. The maximum Gasteiger partial charge on any atom is 0.242 e. The van der Waals surface area contributed by atoms with Crippen LogP contribution >= 0.6 is 15.9 Å². The van der Waals surface area contributed by atoms with Gasteiger partial charge in [0.2, 0.25) is 11.9 Å². The summed E-state index contributed by atoms with van der Waals surface area (Å²) in [5, 5.41) is 12.2. The SMILES string of the molecule is COc1ccc(-c2nc3c4cccc(Br)c4nc(NC(C(=O)NCCN4CCN(C)CC4)C(C)C)n3n2)cc1. The van der Waals surface area contributed by atoms with Gasteiger partial charge in [0.1, 0.15) is 11.8 Å². The van der Waals surface area contributed by atoms with Crippen molar-refractivity contribution in [3.63, 3.8) is 0 Å². The lowest BCUT2D eigenvalue weighted by Gasteiger charge is -2.32. The van der Waals surface area contributed by atoms with Crippen LogP contribution in [0.15, 0.2) is 46.9 Å². The van der Waals surface area contributed by atoms with E-state index < -0.39 is 6.04 Å². The maximum absolute atomic E-state index is 13.3. The number of rotatable bonds is 9. The van der Waals surface area contributed by atoms with Crippen molar-refractivity contribution in [3.8, 4) is 17.1 Å². The van der Waals surface area contributed by atoms with Gasteiger partial charge in [0.15, 0.2) is 11.5 Å². The zero-order valence-corrected chi connectivity index (χ0v) is 24.4. The van der Waals surface area contributed by atoms with Crippen LogP contribution in [0, 0.1) is 5.92 Å². The summed E-state index contributed by atoms with van der Waals surface area (Å²) in [7, 11) is 3.78. The van der Waals surface area contributed by atoms with Gasteiger partial charge in [-0.25, -0.2) is 9.97 Å². The molecule has 1 aliphatic rings. The van der Waals surface area contributed by atoms with E-state index in [4.69, 9.17) is 19.8 Å². The third kappa shape index (κ3) is 6.00. The number of anilines is 1. The second-order valence-corrected chi connectivity index (χ2v) is 11.1. The van der Waals surface area contributed by atoms with Crippen LogP contribution in [-0.2, 0) is 4.79 Å². The molecule has 0 saturated carbocycles. The number of hydrogen-bond acceptors (Lipinski definition) is 8. The van der Waals surface area contributed by atoms with Gasteiger partial charge in [0.25, 0.3) is 0 Å². The number of likely N-dealkylation sites (N-methyl/N-ethyl adjacent to an activating group) is 1. The summed E-state index contributed by atoms with van der Waals surface area (Å²) in [5.41, 5.74) is 2.27. The summed E-state index contributed by atoms with van der Waals surface area (Å²) >= 11 is 3.64. The van der Waals surface area contributed by atoms with E-state index in [1.165, 1.54) is 0 Å². The molecular formula is C28H35BrN8O2. The van der Waals surface area contributed by atoms with E-state index in [1.807, 2.05) is 56.3 Å². The quantitative estimate of drug-likeness (QED) is 0.304. The van der Waals surface area contributed by atoms with E-state index in [9.17, 15) is 4.79 Å². The molecule has 0 bridgehead atoms. The molecule has 0 radical (unpaired) electrons. The van der Waals surface area contributed by atoms with Crippen molar-refractivity contribution in [1.82, 2.24) is 34.7 Å². The van der Waals surface area contributed by atoms with Crippen LogP contribution in [0.2, 0.25) is 0 Å². The standard InChI is InChI=1S/C28H35BrN8O2/c1-18(2)23(27(38)30-12-13-36-16-14-35(3)15-17-36)31-28-32-24-21(6-5-7-22(24)29)26-33-25(34-37(26)28)19-8-10-20(39-4)11-9-19/h5-11,18,23H,12-17H2,1-4H3,(H,30,38)(H,31,32). The maximum atomic E-state index is 13.3. The number of methoxy groups -OCH3 is 1. The number of aromatic nitrogens is 4. The van der Waals surface area contributed by atoms with Gasteiger partial charge in [-0.3, -0.25) is 9.69 Å². The van der Waals surface area contributed by atoms with Crippen LogP contribution in [-0.4, -0.2) is 94.8 Å². The normalized spacial score (nSPS) is 15.6. The fourth-order valence-electron chi connectivity index (χ4n) is 4.75. The molecular weight excluding hydrogens is 560 g/mol. The van der Waals surface area contributed by atoms with Gasteiger partial charge in [0, 0.05) is 54.7 Å². The fraction of sp³-hybridized carbons (Fsp3) is 0.429. The molecule has 11 heteroatoms. The molecule has 1 aliphatic heterocycles. The molecule has 1 amide bonds. The minimum atomic E-state index is -0.498. The van der Waals surface area contributed by atoms with Crippen molar-refractivity contribution >= 4 is 44.3 Å². The lowest BCUT2D eigenvalue weighted by molar-refractivity contribution is -0.122. The Morgan fingerprint density at radius 1 is 1.08 bits per heavy atom. The van der Waals surface area contributed by atoms with Crippen LogP contribution in [0.4, 0.5) is 5.95 Å².